The topological polar surface area (TPSA) is 90.7 Å². The third kappa shape index (κ3) is 2.51. The van der Waals surface area contributed by atoms with Gasteiger partial charge in [0.1, 0.15) is 5.82 Å². The summed E-state index contributed by atoms with van der Waals surface area (Å²) in [6.07, 6.45) is 0.486. The number of hydrogen-bond acceptors (Lipinski definition) is 4. The summed E-state index contributed by atoms with van der Waals surface area (Å²) in [5, 5.41) is 25.7. The molecule has 74 valence electrons. The average molecular weight is 199 g/mol. The van der Waals surface area contributed by atoms with Crippen molar-refractivity contribution in [2.45, 2.75) is 6.42 Å². The maximum atomic E-state index is 13.0. The van der Waals surface area contributed by atoms with Gasteiger partial charge in [-0.3, -0.25) is 9.78 Å². The van der Waals surface area contributed by atoms with Crippen LogP contribution in [-0.2, 0) is 11.2 Å². The van der Waals surface area contributed by atoms with E-state index >= 15 is 0 Å². The molecule has 7 heteroatoms. The van der Waals surface area contributed by atoms with Crippen LogP contribution in [0.15, 0.2) is 12.3 Å². The third-order valence-corrected chi connectivity index (χ3v) is 1.56. The lowest BCUT2D eigenvalue weighted by atomic mass is 9.81. The Kier molecular flexibility index (Phi) is 3.16. The van der Waals surface area contributed by atoms with Gasteiger partial charge in [0.05, 0.1) is 12.1 Å². The van der Waals surface area contributed by atoms with Gasteiger partial charge in [0.15, 0.2) is 0 Å². The predicted octanol–water partition coefficient (Wildman–Crippen LogP) is -1.47. The van der Waals surface area contributed by atoms with Gasteiger partial charge in [0.25, 0.3) is 0 Å². The van der Waals surface area contributed by atoms with Crippen molar-refractivity contribution in [2.24, 2.45) is 0 Å². The Labute approximate surface area is 79.0 Å². The van der Waals surface area contributed by atoms with Crippen LogP contribution in [0.1, 0.15) is 5.69 Å². The first-order valence-corrected chi connectivity index (χ1v) is 3.73. The highest BCUT2D eigenvalue weighted by Crippen LogP contribution is 2.02. The molecule has 1 rings (SSSR count). The van der Waals surface area contributed by atoms with Crippen molar-refractivity contribution in [1.82, 2.24) is 4.98 Å². The molecule has 5 nitrogen and oxygen atoms in total. The molecule has 0 bridgehead atoms. The lowest BCUT2D eigenvalue weighted by Gasteiger charge is -2.02. The second-order valence-electron chi connectivity index (χ2n) is 2.64. The molecule has 0 fully saturated rings. The van der Waals surface area contributed by atoms with Gasteiger partial charge in [-0.25, -0.2) is 4.39 Å². The van der Waals surface area contributed by atoms with Gasteiger partial charge in [-0.1, -0.05) is 0 Å². The summed E-state index contributed by atoms with van der Waals surface area (Å²) in [6, 6.07) is 0.843. The molecular formula is C7H7BFNO4. The van der Waals surface area contributed by atoms with Crippen LogP contribution in [0.2, 0.25) is 0 Å². The molecule has 0 amide bonds. The van der Waals surface area contributed by atoms with Crippen LogP contribution in [0.25, 0.3) is 0 Å². The van der Waals surface area contributed by atoms with Crippen molar-refractivity contribution in [2.75, 3.05) is 0 Å². The molecule has 0 saturated heterocycles. The predicted molar refractivity (Wildman–Crippen MR) is 45.4 cm³/mol. The molecule has 0 atom stereocenters. The number of aromatic nitrogens is 1. The molecule has 0 aliphatic carbocycles. The van der Waals surface area contributed by atoms with Gasteiger partial charge < -0.3 is 15.2 Å². The maximum Gasteiger partial charge on any atom is 0.490 e. The Balaban J connectivity index is 2.95. The number of aliphatic carboxylic acids is 1. The van der Waals surface area contributed by atoms with Gasteiger partial charge in [0, 0.05) is 11.7 Å². The number of carbonyl (C=O) groups is 1. The van der Waals surface area contributed by atoms with E-state index in [1.54, 1.807) is 0 Å². The van der Waals surface area contributed by atoms with Crippen LogP contribution in [0.5, 0.6) is 0 Å². The molecule has 0 aliphatic heterocycles. The summed E-state index contributed by atoms with van der Waals surface area (Å²) >= 11 is 0. The summed E-state index contributed by atoms with van der Waals surface area (Å²) < 4.78 is 13.0. The Morgan fingerprint density at radius 1 is 1.57 bits per heavy atom. The molecule has 0 aliphatic rings. The minimum absolute atomic E-state index is 0.114. The van der Waals surface area contributed by atoms with Crippen LogP contribution < -0.4 is 5.46 Å². The number of halogens is 1. The van der Waals surface area contributed by atoms with E-state index in [4.69, 9.17) is 15.2 Å². The van der Waals surface area contributed by atoms with Crippen LogP contribution in [0.3, 0.4) is 0 Å². The van der Waals surface area contributed by atoms with Gasteiger partial charge in [-0.2, -0.15) is 0 Å². The molecule has 0 spiro atoms. The molecule has 1 aromatic heterocycles. The van der Waals surface area contributed by atoms with E-state index in [1.165, 1.54) is 0 Å². The summed E-state index contributed by atoms with van der Waals surface area (Å²) in [4.78, 5) is 13.7. The fourth-order valence-electron chi connectivity index (χ4n) is 0.896. The molecule has 14 heavy (non-hydrogen) atoms. The SMILES string of the molecule is O=C(O)Cc1ncc(B(O)O)cc1F. The highest BCUT2D eigenvalue weighted by molar-refractivity contribution is 6.58. The average Bonchev–Trinajstić information content (AvgIpc) is 2.07. The van der Waals surface area contributed by atoms with Crippen molar-refractivity contribution in [1.29, 1.82) is 0 Å². The molecular weight excluding hydrogens is 192 g/mol. The molecule has 3 N–H and O–H groups in total. The van der Waals surface area contributed by atoms with Crippen molar-refractivity contribution in [3.8, 4) is 0 Å². The van der Waals surface area contributed by atoms with Crippen molar-refractivity contribution < 1.29 is 24.3 Å². The highest BCUT2D eigenvalue weighted by atomic mass is 19.1. The first-order chi connectivity index (χ1) is 6.50. The molecule has 0 radical (unpaired) electrons. The van der Waals surface area contributed by atoms with Crippen molar-refractivity contribution >= 4 is 18.6 Å². The van der Waals surface area contributed by atoms with E-state index in [9.17, 15) is 9.18 Å². The van der Waals surface area contributed by atoms with Crippen molar-refractivity contribution in [3.05, 3.63) is 23.8 Å². The first kappa shape index (κ1) is 10.6. The summed E-state index contributed by atoms with van der Waals surface area (Å²) in [5.74, 6) is -2.06. The number of carboxylic acids is 1. The van der Waals surface area contributed by atoms with Gasteiger partial charge >= 0.3 is 13.1 Å². The van der Waals surface area contributed by atoms with Gasteiger partial charge in [0.2, 0.25) is 0 Å². The molecule has 0 saturated carbocycles. The Morgan fingerprint density at radius 3 is 2.64 bits per heavy atom. The van der Waals surface area contributed by atoms with E-state index in [1.807, 2.05) is 0 Å². The van der Waals surface area contributed by atoms with E-state index in [0.717, 1.165) is 12.3 Å². The minimum atomic E-state index is -1.81. The minimum Gasteiger partial charge on any atom is -0.481 e. The summed E-state index contributed by atoms with van der Waals surface area (Å²) in [7, 11) is -1.81. The lowest BCUT2D eigenvalue weighted by Crippen LogP contribution is -2.31. The second kappa shape index (κ2) is 4.16. The van der Waals surface area contributed by atoms with Crippen LogP contribution in [0.4, 0.5) is 4.39 Å². The van der Waals surface area contributed by atoms with E-state index in [0.29, 0.717) is 0 Å². The molecule has 1 heterocycles. The van der Waals surface area contributed by atoms with Crippen LogP contribution in [0, 0.1) is 5.82 Å². The van der Waals surface area contributed by atoms with Crippen molar-refractivity contribution in [3.63, 3.8) is 0 Å². The molecule has 1 aromatic rings. The second-order valence-corrected chi connectivity index (χ2v) is 2.64. The Bertz CT molecular complexity index is 358. The lowest BCUT2D eigenvalue weighted by molar-refractivity contribution is -0.136. The van der Waals surface area contributed by atoms with Crippen LogP contribution in [-0.4, -0.2) is 33.2 Å². The standard InChI is InChI=1S/C7H7BFNO4/c9-5-1-4(8(13)14)3-10-6(5)2-7(11)12/h1,3,13-14H,2H2,(H,11,12). The quantitative estimate of drug-likeness (QED) is 0.516. The number of carboxylic acid groups (broad SMARTS) is 1. The van der Waals surface area contributed by atoms with E-state index in [2.05, 4.69) is 4.98 Å². The summed E-state index contributed by atoms with van der Waals surface area (Å²) in [6.45, 7) is 0. The Hall–Kier alpha value is -1.47. The van der Waals surface area contributed by atoms with E-state index in [-0.39, 0.29) is 11.2 Å². The number of rotatable bonds is 3. The smallest absolute Gasteiger partial charge is 0.481 e. The molecule has 0 aromatic carbocycles. The van der Waals surface area contributed by atoms with E-state index < -0.39 is 25.3 Å². The third-order valence-electron chi connectivity index (χ3n) is 1.56. The highest BCUT2D eigenvalue weighted by Gasteiger charge is 2.15. The fourth-order valence-corrected chi connectivity index (χ4v) is 0.896. The normalized spacial score (nSPS) is 9.93. The number of hydrogen-bond donors (Lipinski definition) is 3. The number of pyridine rings is 1. The zero-order valence-corrected chi connectivity index (χ0v) is 7.01. The number of nitrogens with zero attached hydrogens (tertiary/aromatic N) is 1. The maximum absolute atomic E-state index is 13.0. The zero-order chi connectivity index (χ0) is 10.7. The fraction of sp³-hybridized carbons (Fsp3) is 0.143. The van der Waals surface area contributed by atoms with Crippen LogP contribution >= 0.6 is 0 Å². The zero-order valence-electron chi connectivity index (χ0n) is 7.01. The first-order valence-electron chi connectivity index (χ1n) is 3.73. The van der Waals surface area contributed by atoms with Gasteiger partial charge in [-0.15, -0.1) is 0 Å². The Morgan fingerprint density at radius 2 is 2.21 bits per heavy atom. The monoisotopic (exact) mass is 199 g/mol. The summed E-state index contributed by atoms with van der Waals surface area (Å²) in [5.41, 5.74) is -0.349. The molecule has 0 unspecified atom stereocenters. The van der Waals surface area contributed by atoms with Gasteiger partial charge in [-0.05, 0) is 6.07 Å². The largest absolute Gasteiger partial charge is 0.490 e.